The molecule has 0 bridgehead atoms. The molecule has 1 spiro atoms. The van der Waals surface area contributed by atoms with Crippen LogP contribution in [0.1, 0.15) is 78.1 Å². The van der Waals surface area contributed by atoms with Gasteiger partial charge in [0.15, 0.2) is 12.1 Å². The van der Waals surface area contributed by atoms with Gasteiger partial charge in [0, 0.05) is 37.3 Å². The van der Waals surface area contributed by atoms with Gasteiger partial charge in [0.2, 0.25) is 0 Å². The van der Waals surface area contributed by atoms with Crippen LogP contribution in [0.15, 0.2) is 24.3 Å². The zero-order chi connectivity index (χ0) is 25.5. The van der Waals surface area contributed by atoms with Crippen molar-refractivity contribution in [3.63, 3.8) is 0 Å². The van der Waals surface area contributed by atoms with Crippen molar-refractivity contribution in [1.82, 2.24) is 5.32 Å². The standard InChI is InChI=1S/C26H39N3O7/c1-3-4-5-6-10-17-33-22-21(34-24-23(22)35-26(36-24)15-8-7-9-16-26)18(2)27-25(30)28-19-11-13-20(14-12-19)29(31)32/h11-14,18,21-24H,3-10,15-17H2,1-2H3,(H2,27,28,30)/t18-,21+,22-,23+,24+/m0/s1. The van der Waals surface area contributed by atoms with Crippen LogP contribution in [0.2, 0.25) is 0 Å². The number of unbranched alkanes of at least 4 members (excludes halogenated alkanes) is 4. The molecule has 0 aromatic heterocycles. The number of carbonyl (C=O) groups excluding carboxylic acids is 1. The second-order valence-electron chi connectivity index (χ2n) is 10.1. The number of hydrogen-bond donors (Lipinski definition) is 2. The number of nitrogens with one attached hydrogen (secondary N) is 2. The number of rotatable bonds is 11. The molecule has 1 saturated carbocycles. The number of nitrogens with zero attached hydrogens (tertiary/aromatic N) is 1. The van der Waals surface area contributed by atoms with Gasteiger partial charge >= 0.3 is 6.03 Å². The maximum absolute atomic E-state index is 12.6. The molecule has 2 heterocycles. The molecule has 0 unspecified atom stereocenters. The number of nitro groups is 1. The maximum atomic E-state index is 12.6. The Labute approximate surface area is 212 Å². The smallest absolute Gasteiger partial charge is 0.319 e. The second-order valence-corrected chi connectivity index (χ2v) is 10.1. The van der Waals surface area contributed by atoms with Crippen LogP contribution < -0.4 is 10.6 Å². The minimum Gasteiger partial charge on any atom is -0.372 e. The molecule has 2 saturated heterocycles. The average molecular weight is 506 g/mol. The minimum atomic E-state index is -0.578. The van der Waals surface area contributed by atoms with Gasteiger partial charge in [-0.2, -0.15) is 0 Å². The lowest BCUT2D eigenvalue weighted by atomic mass is 9.94. The van der Waals surface area contributed by atoms with E-state index >= 15 is 0 Å². The molecule has 10 nitrogen and oxygen atoms in total. The van der Waals surface area contributed by atoms with Crippen molar-refractivity contribution in [3.05, 3.63) is 34.4 Å². The molecule has 5 atom stereocenters. The first kappa shape index (κ1) is 26.8. The number of non-ortho nitro benzene ring substituents is 1. The summed E-state index contributed by atoms with van der Waals surface area (Å²) in [6.07, 6.45) is 9.15. The molecule has 1 aliphatic carbocycles. The van der Waals surface area contributed by atoms with E-state index in [0.717, 1.165) is 38.5 Å². The van der Waals surface area contributed by atoms with Gasteiger partial charge in [-0.05, 0) is 38.3 Å². The minimum absolute atomic E-state index is 0.0364. The maximum Gasteiger partial charge on any atom is 0.319 e. The van der Waals surface area contributed by atoms with Crippen LogP contribution in [-0.4, -0.2) is 54.0 Å². The van der Waals surface area contributed by atoms with E-state index in [0.29, 0.717) is 12.3 Å². The number of benzene rings is 1. The summed E-state index contributed by atoms with van der Waals surface area (Å²) in [6, 6.07) is 4.87. The van der Waals surface area contributed by atoms with Crippen molar-refractivity contribution >= 4 is 17.4 Å². The van der Waals surface area contributed by atoms with Gasteiger partial charge in [0.05, 0.1) is 11.0 Å². The molecular formula is C26H39N3O7. The Bertz CT molecular complexity index is 875. The van der Waals surface area contributed by atoms with Crippen LogP contribution in [0.4, 0.5) is 16.2 Å². The van der Waals surface area contributed by atoms with E-state index in [1.54, 1.807) is 0 Å². The molecule has 10 heteroatoms. The lowest BCUT2D eigenvalue weighted by Gasteiger charge is -2.35. The van der Waals surface area contributed by atoms with E-state index in [2.05, 4.69) is 17.6 Å². The number of fused-ring (bicyclic) bond motifs is 1. The zero-order valence-electron chi connectivity index (χ0n) is 21.3. The lowest BCUT2D eigenvalue weighted by molar-refractivity contribution is -0.384. The molecule has 3 fully saturated rings. The molecule has 2 amide bonds. The Kier molecular flexibility index (Phi) is 9.16. The number of urea groups is 1. The molecule has 4 rings (SSSR count). The molecule has 1 aromatic carbocycles. The van der Waals surface area contributed by atoms with E-state index in [1.165, 1.54) is 49.9 Å². The first-order valence-electron chi connectivity index (χ1n) is 13.4. The van der Waals surface area contributed by atoms with E-state index in [-0.39, 0.29) is 23.9 Å². The fraction of sp³-hybridized carbons (Fsp3) is 0.731. The first-order chi connectivity index (χ1) is 17.4. The van der Waals surface area contributed by atoms with Crippen molar-refractivity contribution in [2.75, 3.05) is 11.9 Å². The molecule has 3 aliphatic rings. The van der Waals surface area contributed by atoms with E-state index < -0.39 is 29.1 Å². The predicted octanol–water partition coefficient (Wildman–Crippen LogP) is 5.26. The van der Waals surface area contributed by atoms with Gasteiger partial charge in [-0.25, -0.2) is 4.79 Å². The van der Waals surface area contributed by atoms with Crippen molar-refractivity contribution in [3.8, 4) is 0 Å². The predicted molar refractivity (Wildman–Crippen MR) is 134 cm³/mol. The van der Waals surface area contributed by atoms with Crippen molar-refractivity contribution in [2.45, 2.75) is 114 Å². The normalized spacial score (nSPS) is 27.5. The van der Waals surface area contributed by atoms with Crippen molar-refractivity contribution < 1.29 is 28.7 Å². The largest absolute Gasteiger partial charge is 0.372 e. The third-order valence-electron chi connectivity index (χ3n) is 7.25. The van der Waals surface area contributed by atoms with Crippen LogP contribution in [0, 0.1) is 10.1 Å². The van der Waals surface area contributed by atoms with Crippen molar-refractivity contribution in [1.29, 1.82) is 0 Å². The zero-order valence-corrected chi connectivity index (χ0v) is 21.3. The van der Waals surface area contributed by atoms with Crippen molar-refractivity contribution in [2.24, 2.45) is 0 Å². The van der Waals surface area contributed by atoms with Crippen LogP contribution in [0.3, 0.4) is 0 Å². The highest BCUT2D eigenvalue weighted by Crippen LogP contribution is 2.46. The number of amides is 2. The number of carbonyl (C=O) groups is 1. The van der Waals surface area contributed by atoms with E-state index in [9.17, 15) is 14.9 Å². The fourth-order valence-electron chi connectivity index (χ4n) is 5.32. The summed E-state index contributed by atoms with van der Waals surface area (Å²) in [5, 5.41) is 16.5. The van der Waals surface area contributed by atoms with Crippen LogP contribution in [-0.2, 0) is 18.9 Å². The highest BCUT2D eigenvalue weighted by molar-refractivity contribution is 5.89. The number of hydrogen-bond acceptors (Lipinski definition) is 7. The van der Waals surface area contributed by atoms with Gasteiger partial charge < -0.3 is 29.6 Å². The summed E-state index contributed by atoms with van der Waals surface area (Å²) in [4.78, 5) is 23.0. The quantitative estimate of drug-likeness (QED) is 0.239. The molecule has 0 radical (unpaired) electrons. The summed E-state index contributed by atoms with van der Waals surface area (Å²) in [5.41, 5.74) is 0.422. The Morgan fingerprint density at radius 3 is 2.56 bits per heavy atom. The van der Waals surface area contributed by atoms with Gasteiger partial charge in [-0.1, -0.05) is 39.0 Å². The monoisotopic (exact) mass is 505 g/mol. The Hall–Kier alpha value is -2.27. The summed E-state index contributed by atoms with van der Waals surface area (Å²) < 4.78 is 25.4. The molecule has 200 valence electrons. The molecular weight excluding hydrogens is 466 g/mol. The first-order valence-corrected chi connectivity index (χ1v) is 13.4. The molecule has 1 aromatic rings. The van der Waals surface area contributed by atoms with Gasteiger partial charge in [0.25, 0.3) is 5.69 Å². The van der Waals surface area contributed by atoms with E-state index in [1.807, 2.05) is 6.92 Å². The van der Waals surface area contributed by atoms with Crippen LogP contribution in [0.5, 0.6) is 0 Å². The Morgan fingerprint density at radius 1 is 1.14 bits per heavy atom. The number of nitro benzene ring substituents is 1. The number of ether oxygens (including phenoxy) is 4. The second kappa shape index (κ2) is 12.3. The molecule has 2 aliphatic heterocycles. The Balaban J connectivity index is 1.35. The third-order valence-corrected chi connectivity index (χ3v) is 7.25. The third kappa shape index (κ3) is 6.53. The van der Waals surface area contributed by atoms with E-state index in [4.69, 9.17) is 18.9 Å². The number of anilines is 1. The molecule has 36 heavy (non-hydrogen) atoms. The highest BCUT2D eigenvalue weighted by Gasteiger charge is 2.59. The highest BCUT2D eigenvalue weighted by atomic mass is 16.8. The molecule has 2 N–H and O–H groups in total. The van der Waals surface area contributed by atoms with Gasteiger partial charge in [0.1, 0.15) is 18.3 Å². The Morgan fingerprint density at radius 2 is 1.86 bits per heavy atom. The fourth-order valence-corrected chi connectivity index (χ4v) is 5.32. The SMILES string of the molecule is CCCCCCCO[C@@H]1[C@H]2OC3(CCCCC3)O[C@H]2O[C@@H]1[C@H](C)NC(=O)Nc1ccc([N+](=O)[O-])cc1. The van der Waals surface area contributed by atoms with Crippen LogP contribution in [0.25, 0.3) is 0 Å². The summed E-state index contributed by atoms with van der Waals surface area (Å²) in [7, 11) is 0. The lowest BCUT2D eigenvalue weighted by Crippen LogP contribution is -2.50. The van der Waals surface area contributed by atoms with Gasteiger partial charge in [-0.3, -0.25) is 10.1 Å². The summed E-state index contributed by atoms with van der Waals surface area (Å²) in [6.45, 7) is 4.67. The summed E-state index contributed by atoms with van der Waals surface area (Å²) >= 11 is 0. The topological polar surface area (TPSA) is 121 Å². The van der Waals surface area contributed by atoms with Gasteiger partial charge in [-0.15, -0.1) is 0 Å². The van der Waals surface area contributed by atoms with Crippen LogP contribution >= 0.6 is 0 Å². The average Bonchev–Trinajstić information content (AvgIpc) is 3.36. The summed E-state index contributed by atoms with van der Waals surface area (Å²) in [5.74, 6) is -0.578.